The average Bonchev–Trinajstić information content (AvgIpc) is 2.68. The highest BCUT2D eigenvalue weighted by Gasteiger charge is 2.25. The molecule has 0 bridgehead atoms. The van der Waals surface area contributed by atoms with E-state index >= 15 is 0 Å². The van der Waals surface area contributed by atoms with Crippen molar-refractivity contribution < 1.29 is 4.79 Å². The van der Waals surface area contributed by atoms with Gasteiger partial charge in [0, 0.05) is 51.9 Å². The molecule has 1 aliphatic rings. The van der Waals surface area contributed by atoms with E-state index in [-0.39, 0.29) is 17.2 Å². The van der Waals surface area contributed by atoms with Gasteiger partial charge in [-0.2, -0.15) is 5.10 Å². The second-order valence-corrected chi connectivity index (χ2v) is 7.01. The lowest BCUT2D eigenvalue weighted by molar-refractivity contribution is 0.0864. The van der Waals surface area contributed by atoms with Gasteiger partial charge in [-0.15, -0.1) is 0 Å². The van der Waals surface area contributed by atoms with Gasteiger partial charge in [-0.1, -0.05) is 30.3 Å². The smallest absolute Gasteiger partial charge is 0.271 e. The molecule has 144 valence electrons. The first-order chi connectivity index (χ1) is 13.0. The lowest BCUT2D eigenvalue weighted by Gasteiger charge is -2.40. The van der Waals surface area contributed by atoms with Crippen LogP contribution in [0.1, 0.15) is 28.5 Å². The number of piperazine rings is 1. The Morgan fingerprint density at radius 1 is 1.15 bits per heavy atom. The van der Waals surface area contributed by atoms with Gasteiger partial charge in [0.25, 0.3) is 11.5 Å². The van der Waals surface area contributed by atoms with Crippen LogP contribution in [0.25, 0.3) is 0 Å². The molecule has 0 spiro atoms. The highest BCUT2D eigenvalue weighted by atomic mass is 16.2. The molecule has 0 saturated carbocycles. The first-order valence-corrected chi connectivity index (χ1v) is 9.34. The molecule has 1 aromatic carbocycles. The van der Waals surface area contributed by atoms with Gasteiger partial charge in [-0.25, -0.2) is 4.68 Å². The van der Waals surface area contributed by atoms with Crippen molar-refractivity contribution in [3.63, 3.8) is 0 Å². The first kappa shape index (κ1) is 19.3. The monoisotopic (exact) mass is 369 g/mol. The molecule has 1 saturated heterocycles. The normalized spacial score (nSPS) is 18.4. The Balaban J connectivity index is 1.52. The number of aryl methyl sites for hydroxylation is 1. The number of rotatable bonds is 6. The van der Waals surface area contributed by atoms with Crippen LogP contribution in [0.2, 0.25) is 0 Å². The van der Waals surface area contributed by atoms with E-state index in [1.165, 1.54) is 29.4 Å². The lowest BCUT2D eigenvalue weighted by Crippen LogP contribution is -2.47. The molecule has 1 fully saturated rings. The van der Waals surface area contributed by atoms with Crippen molar-refractivity contribution in [2.24, 2.45) is 7.05 Å². The van der Waals surface area contributed by atoms with E-state index in [0.717, 1.165) is 32.6 Å². The second-order valence-electron chi connectivity index (χ2n) is 7.01. The van der Waals surface area contributed by atoms with Gasteiger partial charge in [0.2, 0.25) is 0 Å². The molecule has 1 aliphatic heterocycles. The second kappa shape index (κ2) is 8.92. The SMILES string of the molecule is CN1CCN(CCCNC(=O)c2ccc(=O)n(C)n2)C(c2ccccc2)C1. The van der Waals surface area contributed by atoms with Gasteiger partial charge < -0.3 is 10.2 Å². The highest BCUT2D eigenvalue weighted by Crippen LogP contribution is 2.24. The van der Waals surface area contributed by atoms with Gasteiger partial charge in [0.1, 0.15) is 5.69 Å². The lowest BCUT2D eigenvalue weighted by atomic mass is 10.0. The molecule has 1 N–H and O–H groups in total. The van der Waals surface area contributed by atoms with E-state index in [1.807, 2.05) is 6.07 Å². The molecule has 1 aromatic heterocycles. The molecule has 1 amide bonds. The summed E-state index contributed by atoms with van der Waals surface area (Å²) < 4.78 is 1.17. The molecular formula is C20H27N5O2. The predicted octanol–water partition coefficient (Wildman–Crippen LogP) is 0.889. The van der Waals surface area contributed by atoms with Crippen LogP contribution in [0.15, 0.2) is 47.3 Å². The number of benzene rings is 1. The van der Waals surface area contributed by atoms with Crippen LogP contribution in [0.4, 0.5) is 0 Å². The molecule has 2 aromatic rings. The van der Waals surface area contributed by atoms with E-state index in [0.29, 0.717) is 12.6 Å². The van der Waals surface area contributed by atoms with Crippen molar-refractivity contribution in [3.05, 3.63) is 64.1 Å². The Morgan fingerprint density at radius 3 is 2.67 bits per heavy atom. The highest BCUT2D eigenvalue weighted by molar-refractivity contribution is 5.91. The van der Waals surface area contributed by atoms with Crippen molar-refractivity contribution >= 4 is 5.91 Å². The largest absolute Gasteiger partial charge is 0.351 e. The third-order valence-corrected chi connectivity index (χ3v) is 4.98. The van der Waals surface area contributed by atoms with Crippen LogP contribution in [0.5, 0.6) is 0 Å². The van der Waals surface area contributed by atoms with Crippen LogP contribution in [0, 0.1) is 0 Å². The van der Waals surface area contributed by atoms with Gasteiger partial charge in [0.05, 0.1) is 0 Å². The van der Waals surface area contributed by atoms with Crippen LogP contribution < -0.4 is 10.9 Å². The van der Waals surface area contributed by atoms with Crippen molar-refractivity contribution in [1.29, 1.82) is 0 Å². The molecule has 0 radical (unpaired) electrons. The number of amides is 1. The number of carbonyl (C=O) groups excluding carboxylic acids is 1. The van der Waals surface area contributed by atoms with Crippen LogP contribution in [0.3, 0.4) is 0 Å². The van der Waals surface area contributed by atoms with E-state index in [4.69, 9.17) is 0 Å². The van der Waals surface area contributed by atoms with Crippen molar-refractivity contribution in [1.82, 2.24) is 24.9 Å². The van der Waals surface area contributed by atoms with Gasteiger partial charge in [-0.3, -0.25) is 14.5 Å². The predicted molar refractivity (Wildman–Crippen MR) is 105 cm³/mol. The number of nitrogens with zero attached hydrogens (tertiary/aromatic N) is 4. The summed E-state index contributed by atoms with van der Waals surface area (Å²) in [5.74, 6) is -0.247. The number of likely N-dealkylation sites (N-methyl/N-ethyl adjacent to an activating group) is 1. The Bertz CT molecular complexity index is 821. The van der Waals surface area contributed by atoms with Crippen LogP contribution in [-0.4, -0.2) is 65.3 Å². The average molecular weight is 369 g/mol. The third kappa shape index (κ3) is 5.02. The van der Waals surface area contributed by atoms with E-state index in [1.54, 1.807) is 0 Å². The van der Waals surface area contributed by atoms with Crippen LogP contribution >= 0.6 is 0 Å². The molecule has 0 aliphatic carbocycles. The fourth-order valence-electron chi connectivity index (χ4n) is 3.41. The summed E-state index contributed by atoms with van der Waals surface area (Å²) in [5, 5.41) is 6.87. The number of carbonyl (C=O) groups is 1. The summed E-state index contributed by atoms with van der Waals surface area (Å²) in [4.78, 5) is 28.4. The molecule has 2 heterocycles. The minimum absolute atomic E-state index is 0.228. The maximum absolute atomic E-state index is 12.2. The Kier molecular flexibility index (Phi) is 6.36. The van der Waals surface area contributed by atoms with Gasteiger partial charge in [0.15, 0.2) is 0 Å². The molecule has 1 unspecified atom stereocenters. The summed E-state index contributed by atoms with van der Waals surface area (Å²) in [6.07, 6.45) is 0.866. The minimum Gasteiger partial charge on any atom is -0.351 e. The van der Waals surface area contributed by atoms with E-state index < -0.39 is 0 Å². The van der Waals surface area contributed by atoms with Gasteiger partial charge in [-0.05, 0) is 25.1 Å². The van der Waals surface area contributed by atoms with Crippen molar-refractivity contribution in [2.75, 3.05) is 39.8 Å². The Hall–Kier alpha value is -2.51. The minimum atomic E-state index is -0.247. The molecule has 7 nitrogen and oxygen atoms in total. The van der Waals surface area contributed by atoms with Gasteiger partial charge >= 0.3 is 0 Å². The fraction of sp³-hybridized carbons (Fsp3) is 0.450. The van der Waals surface area contributed by atoms with Crippen molar-refractivity contribution in [3.8, 4) is 0 Å². The molecule has 27 heavy (non-hydrogen) atoms. The number of hydrogen-bond acceptors (Lipinski definition) is 5. The summed E-state index contributed by atoms with van der Waals surface area (Å²) in [6.45, 7) is 4.59. The summed E-state index contributed by atoms with van der Waals surface area (Å²) in [5.41, 5.74) is 1.37. The summed E-state index contributed by atoms with van der Waals surface area (Å²) >= 11 is 0. The number of nitrogens with one attached hydrogen (secondary N) is 1. The van der Waals surface area contributed by atoms with E-state index in [9.17, 15) is 9.59 Å². The summed E-state index contributed by atoms with van der Waals surface area (Å²) in [6, 6.07) is 13.8. The maximum atomic E-state index is 12.2. The molecule has 1 atom stereocenters. The standard InChI is InChI=1S/C20H27N5O2/c1-23-13-14-25(18(15-23)16-7-4-3-5-8-16)12-6-11-21-20(27)17-9-10-19(26)24(2)22-17/h3-5,7-10,18H,6,11-15H2,1-2H3,(H,21,27). The summed E-state index contributed by atoms with van der Waals surface area (Å²) in [7, 11) is 3.70. The number of aromatic nitrogens is 2. The van der Waals surface area contributed by atoms with E-state index in [2.05, 4.69) is 51.5 Å². The van der Waals surface area contributed by atoms with Crippen molar-refractivity contribution in [2.45, 2.75) is 12.5 Å². The first-order valence-electron chi connectivity index (χ1n) is 9.34. The zero-order valence-electron chi connectivity index (χ0n) is 16.0. The Morgan fingerprint density at radius 2 is 1.93 bits per heavy atom. The fourth-order valence-corrected chi connectivity index (χ4v) is 3.41. The zero-order valence-corrected chi connectivity index (χ0v) is 16.0. The Labute approximate surface area is 159 Å². The third-order valence-electron chi connectivity index (χ3n) is 4.98. The quantitative estimate of drug-likeness (QED) is 0.766. The molecule has 7 heteroatoms. The maximum Gasteiger partial charge on any atom is 0.271 e. The molecular weight excluding hydrogens is 342 g/mol. The van der Waals surface area contributed by atoms with Crippen LogP contribution in [-0.2, 0) is 7.05 Å². The molecule has 3 rings (SSSR count). The number of hydrogen-bond donors (Lipinski definition) is 1. The zero-order chi connectivity index (χ0) is 19.2. The topological polar surface area (TPSA) is 70.5 Å².